The third-order valence-electron chi connectivity index (χ3n) is 4.82. The maximum atomic E-state index is 12.7. The number of fused-ring (bicyclic) bond motifs is 1. The molecule has 1 N–H and O–H groups in total. The van der Waals surface area contributed by atoms with Gasteiger partial charge in [-0.05, 0) is 49.8 Å². The molecular formula is C19H21N5O. The van der Waals surface area contributed by atoms with E-state index in [9.17, 15) is 4.79 Å². The number of pyridine rings is 1. The van der Waals surface area contributed by atoms with Gasteiger partial charge in [0.2, 0.25) is 0 Å². The summed E-state index contributed by atoms with van der Waals surface area (Å²) in [7, 11) is 0. The van der Waals surface area contributed by atoms with E-state index in [0.717, 1.165) is 43.4 Å². The number of amides is 1. The number of rotatable bonds is 3. The first-order valence-corrected chi connectivity index (χ1v) is 8.69. The number of nitrogens with zero attached hydrogens (tertiary/aromatic N) is 4. The van der Waals surface area contributed by atoms with E-state index in [1.807, 2.05) is 30.3 Å². The van der Waals surface area contributed by atoms with Crippen LogP contribution in [0.15, 0.2) is 36.9 Å². The van der Waals surface area contributed by atoms with Crippen molar-refractivity contribution in [2.45, 2.75) is 26.2 Å². The van der Waals surface area contributed by atoms with E-state index in [4.69, 9.17) is 0 Å². The van der Waals surface area contributed by atoms with Crippen LogP contribution in [0.5, 0.6) is 0 Å². The number of carbonyl (C=O) groups excluding carboxylic acids is 1. The molecule has 1 unspecified atom stereocenters. The van der Waals surface area contributed by atoms with Crippen molar-refractivity contribution in [1.29, 1.82) is 0 Å². The van der Waals surface area contributed by atoms with Gasteiger partial charge in [-0.25, -0.2) is 15.0 Å². The number of nitrogens with one attached hydrogen (secondary N) is 1. The summed E-state index contributed by atoms with van der Waals surface area (Å²) in [5.74, 6) is 1.17. The van der Waals surface area contributed by atoms with Crippen LogP contribution >= 0.6 is 0 Å². The Balaban J connectivity index is 1.45. The fourth-order valence-corrected chi connectivity index (χ4v) is 3.53. The van der Waals surface area contributed by atoms with Crippen LogP contribution in [0, 0.1) is 12.8 Å². The Kier molecular flexibility index (Phi) is 4.17. The van der Waals surface area contributed by atoms with E-state index in [-0.39, 0.29) is 5.91 Å². The summed E-state index contributed by atoms with van der Waals surface area (Å²) in [4.78, 5) is 30.5. The minimum atomic E-state index is 0.0314. The summed E-state index contributed by atoms with van der Waals surface area (Å²) in [6.45, 7) is 3.40. The molecule has 1 amide bonds. The summed E-state index contributed by atoms with van der Waals surface area (Å²) in [5, 5.41) is 1.14. The number of aromatic nitrogens is 4. The van der Waals surface area contributed by atoms with Crippen LogP contribution in [0.2, 0.25) is 0 Å². The molecule has 6 heteroatoms. The SMILES string of the molecule is Cc1ncc(C(=O)N2CCCC(Cc3cnc4[nH]ccc4c3)C2)cn1. The van der Waals surface area contributed by atoms with E-state index in [0.29, 0.717) is 17.3 Å². The summed E-state index contributed by atoms with van der Waals surface area (Å²) < 4.78 is 0. The second kappa shape index (κ2) is 6.63. The number of likely N-dealkylation sites (tertiary alicyclic amines) is 1. The lowest BCUT2D eigenvalue weighted by Gasteiger charge is -2.32. The molecule has 4 heterocycles. The monoisotopic (exact) mass is 335 g/mol. The van der Waals surface area contributed by atoms with E-state index in [2.05, 4.69) is 26.0 Å². The Morgan fingerprint density at radius 3 is 2.96 bits per heavy atom. The Hall–Kier alpha value is -2.76. The van der Waals surface area contributed by atoms with Crippen molar-refractivity contribution in [1.82, 2.24) is 24.8 Å². The van der Waals surface area contributed by atoms with Gasteiger partial charge < -0.3 is 9.88 Å². The van der Waals surface area contributed by atoms with Crippen LogP contribution in [-0.4, -0.2) is 43.8 Å². The lowest BCUT2D eigenvalue weighted by molar-refractivity contribution is 0.0672. The van der Waals surface area contributed by atoms with Gasteiger partial charge in [0.1, 0.15) is 11.5 Å². The first-order valence-electron chi connectivity index (χ1n) is 8.69. The van der Waals surface area contributed by atoms with Crippen molar-refractivity contribution >= 4 is 16.9 Å². The summed E-state index contributed by atoms with van der Waals surface area (Å²) in [6.07, 6.45) is 10.2. The van der Waals surface area contributed by atoms with Gasteiger partial charge in [-0.3, -0.25) is 4.79 Å². The Labute approximate surface area is 146 Å². The molecular weight excluding hydrogens is 314 g/mol. The minimum absolute atomic E-state index is 0.0314. The van der Waals surface area contributed by atoms with Gasteiger partial charge in [-0.2, -0.15) is 0 Å². The molecule has 1 aliphatic rings. The third-order valence-corrected chi connectivity index (χ3v) is 4.82. The Bertz CT molecular complexity index is 886. The van der Waals surface area contributed by atoms with E-state index in [1.165, 1.54) is 5.56 Å². The number of aromatic amines is 1. The van der Waals surface area contributed by atoms with Crippen LogP contribution in [0.3, 0.4) is 0 Å². The molecule has 0 aromatic carbocycles. The predicted molar refractivity (Wildman–Crippen MR) is 95.2 cm³/mol. The van der Waals surface area contributed by atoms with E-state index in [1.54, 1.807) is 12.4 Å². The zero-order valence-corrected chi connectivity index (χ0v) is 14.3. The maximum absolute atomic E-state index is 12.7. The molecule has 0 aliphatic carbocycles. The van der Waals surface area contributed by atoms with Crippen LogP contribution < -0.4 is 0 Å². The maximum Gasteiger partial charge on any atom is 0.256 e. The molecule has 0 bridgehead atoms. The standard InChI is InChI=1S/C19H21N5O/c1-13-21-10-17(11-22-13)19(25)24-6-2-3-14(12-24)7-15-8-16-4-5-20-18(16)23-9-15/h4-5,8-11,14H,2-3,6-7,12H2,1H3,(H,20,23). The largest absolute Gasteiger partial charge is 0.346 e. The molecule has 0 spiro atoms. The molecule has 4 rings (SSSR count). The summed E-state index contributed by atoms with van der Waals surface area (Å²) in [6, 6.07) is 4.23. The average molecular weight is 335 g/mol. The topological polar surface area (TPSA) is 74.8 Å². The Morgan fingerprint density at radius 1 is 1.28 bits per heavy atom. The van der Waals surface area contributed by atoms with Crippen molar-refractivity contribution in [2.75, 3.05) is 13.1 Å². The second-order valence-corrected chi connectivity index (χ2v) is 6.74. The fourth-order valence-electron chi connectivity index (χ4n) is 3.53. The zero-order chi connectivity index (χ0) is 17.2. The molecule has 1 saturated heterocycles. The van der Waals surface area contributed by atoms with Crippen molar-refractivity contribution < 1.29 is 4.79 Å². The highest BCUT2D eigenvalue weighted by Crippen LogP contribution is 2.23. The molecule has 1 atom stereocenters. The van der Waals surface area contributed by atoms with Gasteiger partial charge in [0, 0.05) is 43.3 Å². The molecule has 6 nitrogen and oxygen atoms in total. The highest BCUT2D eigenvalue weighted by Gasteiger charge is 2.25. The van der Waals surface area contributed by atoms with Crippen LogP contribution in [0.1, 0.15) is 34.6 Å². The zero-order valence-electron chi connectivity index (χ0n) is 14.3. The summed E-state index contributed by atoms with van der Waals surface area (Å²) in [5.41, 5.74) is 2.72. The number of carbonyl (C=O) groups is 1. The number of H-pyrrole nitrogens is 1. The van der Waals surface area contributed by atoms with Crippen LogP contribution in [0.25, 0.3) is 11.0 Å². The highest BCUT2D eigenvalue weighted by atomic mass is 16.2. The lowest BCUT2D eigenvalue weighted by Crippen LogP contribution is -2.40. The molecule has 1 aliphatic heterocycles. The van der Waals surface area contributed by atoms with Crippen molar-refractivity contribution in [2.24, 2.45) is 5.92 Å². The van der Waals surface area contributed by atoms with Crippen LogP contribution in [0.4, 0.5) is 0 Å². The second-order valence-electron chi connectivity index (χ2n) is 6.74. The number of aryl methyl sites for hydroxylation is 1. The molecule has 25 heavy (non-hydrogen) atoms. The molecule has 3 aromatic rings. The normalized spacial score (nSPS) is 17.8. The first kappa shape index (κ1) is 15.7. The van der Waals surface area contributed by atoms with Crippen molar-refractivity contribution in [3.63, 3.8) is 0 Å². The third kappa shape index (κ3) is 3.38. The van der Waals surface area contributed by atoms with E-state index >= 15 is 0 Å². The minimum Gasteiger partial charge on any atom is -0.346 e. The number of hydrogen-bond acceptors (Lipinski definition) is 4. The quantitative estimate of drug-likeness (QED) is 0.798. The highest BCUT2D eigenvalue weighted by molar-refractivity contribution is 5.93. The van der Waals surface area contributed by atoms with Gasteiger partial charge in [-0.1, -0.05) is 0 Å². The summed E-state index contributed by atoms with van der Waals surface area (Å²) >= 11 is 0. The van der Waals surface area contributed by atoms with Gasteiger partial charge >= 0.3 is 0 Å². The lowest BCUT2D eigenvalue weighted by atomic mass is 9.91. The molecule has 128 valence electrons. The van der Waals surface area contributed by atoms with Gasteiger partial charge in [-0.15, -0.1) is 0 Å². The van der Waals surface area contributed by atoms with Crippen molar-refractivity contribution in [3.05, 3.63) is 53.9 Å². The smallest absolute Gasteiger partial charge is 0.256 e. The Morgan fingerprint density at radius 2 is 2.12 bits per heavy atom. The van der Waals surface area contributed by atoms with Crippen LogP contribution in [-0.2, 0) is 6.42 Å². The fraction of sp³-hybridized carbons (Fsp3) is 0.368. The molecule has 1 fully saturated rings. The first-order chi connectivity index (χ1) is 12.2. The van der Waals surface area contributed by atoms with Gasteiger partial charge in [0.25, 0.3) is 5.91 Å². The van der Waals surface area contributed by atoms with Crippen molar-refractivity contribution in [3.8, 4) is 0 Å². The predicted octanol–water partition coefficient (Wildman–Crippen LogP) is 2.76. The number of hydrogen-bond donors (Lipinski definition) is 1. The molecule has 0 saturated carbocycles. The van der Waals surface area contributed by atoms with E-state index < -0.39 is 0 Å². The average Bonchev–Trinajstić information content (AvgIpc) is 3.10. The number of piperidine rings is 1. The van der Waals surface area contributed by atoms with Gasteiger partial charge in [0.05, 0.1) is 5.56 Å². The van der Waals surface area contributed by atoms with Gasteiger partial charge in [0.15, 0.2) is 0 Å². The molecule has 0 radical (unpaired) electrons. The molecule has 3 aromatic heterocycles.